The van der Waals surface area contributed by atoms with Crippen LogP contribution in [0, 0.1) is 18.7 Å². The third-order valence-corrected chi connectivity index (χ3v) is 3.12. The minimum absolute atomic E-state index is 0.173. The zero-order valence-electron chi connectivity index (χ0n) is 14.1. The third kappa shape index (κ3) is 7.41. The molecule has 1 aromatic rings. The van der Waals surface area contributed by atoms with Crippen molar-refractivity contribution >= 4 is 5.96 Å². The molecule has 0 amide bonds. The standard InChI is InChI=1S/C17H28FN3O/c1-13(2)12-22-9-5-8-20-17(19-4)21-11-15-6-7-16(18)14(3)10-15/h6-7,10,13H,5,8-9,11-12H2,1-4H3,(H2,19,20,21). The van der Waals surface area contributed by atoms with Gasteiger partial charge in [0.05, 0.1) is 0 Å². The maximum atomic E-state index is 13.2. The van der Waals surface area contributed by atoms with Crippen molar-refractivity contribution in [3.8, 4) is 0 Å². The van der Waals surface area contributed by atoms with E-state index in [1.165, 1.54) is 6.07 Å². The van der Waals surface area contributed by atoms with E-state index in [0.717, 1.165) is 37.7 Å². The summed E-state index contributed by atoms with van der Waals surface area (Å²) in [6, 6.07) is 5.12. The van der Waals surface area contributed by atoms with Gasteiger partial charge < -0.3 is 15.4 Å². The van der Waals surface area contributed by atoms with Gasteiger partial charge in [-0.25, -0.2) is 4.39 Å². The van der Waals surface area contributed by atoms with E-state index in [0.29, 0.717) is 18.0 Å². The van der Waals surface area contributed by atoms with Gasteiger partial charge in [0.1, 0.15) is 5.82 Å². The van der Waals surface area contributed by atoms with Crippen molar-refractivity contribution in [3.05, 3.63) is 35.1 Å². The number of guanidine groups is 1. The first-order valence-electron chi connectivity index (χ1n) is 7.80. The quantitative estimate of drug-likeness (QED) is 0.441. The fourth-order valence-electron chi connectivity index (χ4n) is 1.92. The molecular formula is C17H28FN3O. The number of benzene rings is 1. The number of aliphatic imine (C=N–C) groups is 1. The van der Waals surface area contributed by atoms with Crippen LogP contribution in [0.4, 0.5) is 4.39 Å². The summed E-state index contributed by atoms with van der Waals surface area (Å²) in [5.41, 5.74) is 1.69. The molecule has 0 aliphatic carbocycles. The molecule has 5 heteroatoms. The Hall–Kier alpha value is -1.62. The van der Waals surface area contributed by atoms with Crippen LogP contribution in [0.3, 0.4) is 0 Å². The Kier molecular flexibility index (Phi) is 8.51. The summed E-state index contributed by atoms with van der Waals surface area (Å²) in [4.78, 5) is 4.17. The van der Waals surface area contributed by atoms with Gasteiger partial charge in [0.2, 0.25) is 0 Å². The summed E-state index contributed by atoms with van der Waals surface area (Å²) in [6.07, 6.45) is 0.934. The highest BCUT2D eigenvalue weighted by Crippen LogP contribution is 2.08. The Labute approximate surface area is 133 Å². The Bertz CT molecular complexity index is 475. The average Bonchev–Trinajstić information content (AvgIpc) is 2.49. The van der Waals surface area contributed by atoms with E-state index in [-0.39, 0.29) is 5.82 Å². The van der Waals surface area contributed by atoms with Gasteiger partial charge >= 0.3 is 0 Å². The third-order valence-electron chi connectivity index (χ3n) is 3.12. The summed E-state index contributed by atoms with van der Waals surface area (Å²) in [7, 11) is 1.74. The molecule has 0 saturated heterocycles. The zero-order chi connectivity index (χ0) is 16.4. The molecule has 0 saturated carbocycles. The average molecular weight is 309 g/mol. The monoisotopic (exact) mass is 309 g/mol. The van der Waals surface area contributed by atoms with Gasteiger partial charge in [-0.05, 0) is 36.5 Å². The van der Waals surface area contributed by atoms with Crippen molar-refractivity contribution in [1.29, 1.82) is 0 Å². The zero-order valence-corrected chi connectivity index (χ0v) is 14.1. The number of nitrogens with one attached hydrogen (secondary N) is 2. The molecule has 0 heterocycles. The minimum Gasteiger partial charge on any atom is -0.381 e. The molecule has 1 aromatic carbocycles. The minimum atomic E-state index is -0.173. The van der Waals surface area contributed by atoms with Crippen LogP contribution in [0.2, 0.25) is 0 Å². The predicted molar refractivity (Wildman–Crippen MR) is 89.6 cm³/mol. The van der Waals surface area contributed by atoms with Crippen molar-refractivity contribution in [2.24, 2.45) is 10.9 Å². The van der Waals surface area contributed by atoms with E-state index in [1.54, 1.807) is 20.0 Å². The molecule has 0 unspecified atom stereocenters. The summed E-state index contributed by atoms with van der Waals surface area (Å²) in [6.45, 7) is 9.02. The second-order valence-electron chi connectivity index (χ2n) is 5.76. The molecule has 0 aliphatic heterocycles. The van der Waals surface area contributed by atoms with Crippen LogP contribution in [0.5, 0.6) is 0 Å². The lowest BCUT2D eigenvalue weighted by molar-refractivity contribution is 0.108. The van der Waals surface area contributed by atoms with E-state index >= 15 is 0 Å². The molecule has 0 fully saturated rings. The van der Waals surface area contributed by atoms with Gasteiger partial charge in [-0.3, -0.25) is 4.99 Å². The lowest BCUT2D eigenvalue weighted by Crippen LogP contribution is -2.37. The Morgan fingerprint density at radius 1 is 1.32 bits per heavy atom. The van der Waals surface area contributed by atoms with Crippen molar-refractivity contribution in [2.75, 3.05) is 26.8 Å². The maximum Gasteiger partial charge on any atom is 0.191 e. The molecule has 4 nitrogen and oxygen atoms in total. The molecule has 124 valence electrons. The second kappa shape index (κ2) is 10.2. The van der Waals surface area contributed by atoms with E-state index in [2.05, 4.69) is 29.5 Å². The van der Waals surface area contributed by atoms with Crippen LogP contribution < -0.4 is 10.6 Å². The highest BCUT2D eigenvalue weighted by atomic mass is 19.1. The number of halogens is 1. The summed E-state index contributed by atoms with van der Waals surface area (Å²) >= 11 is 0. The fourth-order valence-corrected chi connectivity index (χ4v) is 1.92. The lowest BCUT2D eigenvalue weighted by Gasteiger charge is -2.13. The Balaban J connectivity index is 2.23. The van der Waals surface area contributed by atoms with Gasteiger partial charge in [0, 0.05) is 33.4 Å². The normalized spacial score (nSPS) is 11.8. The van der Waals surface area contributed by atoms with Crippen LogP contribution in [-0.4, -0.2) is 32.8 Å². The van der Waals surface area contributed by atoms with Crippen LogP contribution in [0.25, 0.3) is 0 Å². The molecule has 0 bridgehead atoms. The number of nitrogens with zero attached hydrogens (tertiary/aromatic N) is 1. The number of rotatable bonds is 8. The number of ether oxygens (including phenoxy) is 1. The summed E-state index contributed by atoms with van der Waals surface area (Å²) in [5.74, 6) is 1.14. The number of hydrogen-bond donors (Lipinski definition) is 2. The first-order chi connectivity index (χ1) is 10.5. The van der Waals surface area contributed by atoms with Crippen molar-refractivity contribution in [2.45, 2.75) is 33.7 Å². The first kappa shape index (κ1) is 18.4. The van der Waals surface area contributed by atoms with E-state index in [4.69, 9.17) is 4.74 Å². The smallest absolute Gasteiger partial charge is 0.191 e. The molecule has 2 N–H and O–H groups in total. The topological polar surface area (TPSA) is 45.7 Å². The van der Waals surface area contributed by atoms with Crippen LogP contribution >= 0.6 is 0 Å². The first-order valence-corrected chi connectivity index (χ1v) is 7.80. The van der Waals surface area contributed by atoms with Gasteiger partial charge in [0.25, 0.3) is 0 Å². The molecule has 0 aromatic heterocycles. The maximum absolute atomic E-state index is 13.2. The van der Waals surface area contributed by atoms with Gasteiger partial charge in [-0.15, -0.1) is 0 Å². The largest absolute Gasteiger partial charge is 0.381 e. The van der Waals surface area contributed by atoms with Crippen LogP contribution in [0.1, 0.15) is 31.4 Å². The van der Waals surface area contributed by atoms with Gasteiger partial charge in [-0.1, -0.05) is 26.0 Å². The molecule has 0 aliphatic rings. The van der Waals surface area contributed by atoms with Crippen LogP contribution in [-0.2, 0) is 11.3 Å². The van der Waals surface area contributed by atoms with E-state index in [1.807, 2.05) is 6.07 Å². The molecule has 22 heavy (non-hydrogen) atoms. The number of aryl methyl sites for hydroxylation is 1. The highest BCUT2D eigenvalue weighted by molar-refractivity contribution is 5.79. The SMILES string of the molecule is CN=C(NCCCOCC(C)C)NCc1ccc(F)c(C)c1. The molecular weight excluding hydrogens is 281 g/mol. The molecule has 0 atom stereocenters. The molecule has 0 radical (unpaired) electrons. The fraction of sp³-hybridized carbons (Fsp3) is 0.588. The summed E-state index contributed by atoms with van der Waals surface area (Å²) < 4.78 is 18.7. The molecule has 1 rings (SSSR count). The summed E-state index contributed by atoms with van der Waals surface area (Å²) in [5, 5.41) is 6.46. The second-order valence-corrected chi connectivity index (χ2v) is 5.76. The highest BCUT2D eigenvalue weighted by Gasteiger charge is 2.01. The van der Waals surface area contributed by atoms with Crippen molar-refractivity contribution in [3.63, 3.8) is 0 Å². The van der Waals surface area contributed by atoms with E-state index < -0.39 is 0 Å². The molecule has 0 spiro atoms. The van der Waals surface area contributed by atoms with Crippen molar-refractivity contribution in [1.82, 2.24) is 10.6 Å². The Morgan fingerprint density at radius 2 is 2.09 bits per heavy atom. The van der Waals surface area contributed by atoms with Gasteiger partial charge in [0.15, 0.2) is 5.96 Å². The Morgan fingerprint density at radius 3 is 2.73 bits per heavy atom. The number of hydrogen-bond acceptors (Lipinski definition) is 2. The van der Waals surface area contributed by atoms with Crippen molar-refractivity contribution < 1.29 is 9.13 Å². The predicted octanol–water partition coefficient (Wildman–Crippen LogP) is 2.86. The van der Waals surface area contributed by atoms with E-state index in [9.17, 15) is 4.39 Å². The van der Waals surface area contributed by atoms with Crippen LogP contribution in [0.15, 0.2) is 23.2 Å². The lowest BCUT2D eigenvalue weighted by atomic mass is 10.1. The van der Waals surface area contributed by atoms with Gasteiger partial charge in [-0.2, -0.15) is 0 Å².